The number of benzene rings is 4. The monoisotopic (exact) mass is 457 g/mol. The van der Waals surface area contributed by atoms with Crippen LogP contribution in [0.4, 0.5) is 11.4 Å². The van der Waals surface area contributed by atoms with E-state index in [0.29, 0.717) is 0 Å². The third kappa shape index (κ3) is 7.98. The van der Waals surface area contributed by atoms with Gasteiger partial charge in [0.25, 0.3) is 0 Å². The average Bonchev–Trinajstić information content (AvgIpc) is 2.74. The molecule has 143 valence electrons. The first-order valence-electron chi connectivity index (χ1n) is 8.68. The summed E-state index contributed by atoms with van der Waals surface area (Å²) in [7, 11) is 0. The minimum absolute atomic E-state index is 0. The fraction of sp³-hybridized carbons (Fsp3) is 0. The van der Waals surface area contributed by atoms with E-state index in [1.54, 1.807) is 0 Å². The molecule has 0 amide bonds. The first kappa shape index (κ1) is 22.5. The molecule has 4 nitrogen and oxygen atoms in total. The summed E-state index contributed by atoms with van der Waals surface area (Å²) < 4.78 is 11.1. The summed E-state index contributed by atoms with van der Waals surface area (Å²) in [6.45, 7) is 0. The number of nitrogen functional groups attached to an aromatic ring is 2. The van der Waals surface area contributed by atoms with E-state index in [1.807, 2.05) is 97.1 Å². The van der Waals surface area contributed by atoms with Gasteiger partial charge in [-0.2, -0.15) is 36.4 Å². The molecule has 4 aromatic rings. The van der Waals surface area contributed by atoms with Crippen LogP contribution in [-0.4, -0.2) is 0 Å². The zero-order chi connectivity index (χ0) is 19.6. The molecule has 0 saturated heterocycles. The summed E-state index contributed by atoms with van der Waals surface area (Å²) in [6.07, 6.45) is 0. The summed E-state index contributed by atoms with van der Waals surface area (Å²) in [5.41, 5.74) is 12.6. The topological polar surface area (TPSA) is 70.5 Å². The minimum Gasteiger partial charge on any atom is -0.483 e. The van der Waals surface area contributed by atoms with Crippen LogP contribution in [0.15, 0.2) is 97.1 Å². The molecule has 29 heavy (non-hydrogen) atoms. The van der Waals surface area contributed by atoms with Crippen LogP contribution in [-0.2, 0) is 32.7 Å². The van der Waals surface area contributed by atoms with Gasteiger partial charge < -0.3 is 20.9 Å². The Labute approximate surface area is 196 Å². The number of hydrogen-bond donors (Lipinski definition) is 2. The van der Waals surface area contributed by atoms with Gasteiger partial charge in [-0.05, 0) is 48.5 Å². The third-order valence-corrected chi connectivity index (χ3v) is 3.61. The molecule has 4 aromatic carbocycles. The van der Waals surface area contributed by atoms with E-state index in [-0.39, 0.29) is 32.7 Å². The van der Waals surface area contributed by atoms with Gasteiger partial charge in [-0.3, -0.25) is 0 Å². The van der Waals surface area contributed by atoms with Gasteiger partial charge in [0.1, 0.15) is 11.5 Å². The maximum Gasteiger partial charge on any atom is 0.124 e. The van der Waals surface area contributed by atoms with Crippen molar-refractivity contribution in [2.24, 2.45) is 0 Å². The van der Waals surface area contributed by atoms with Crippen molar-refractivity contribution in [2.75, 3.05) is 11.5 Å². The van der Waals surface area contributed by atoms with Gasteiger partial charge in [0.15, 0.2) is 0 Å². The molecule has 4 rings (SSSR count). The second-order valence-corrected chi connectivity index (χ2v) is 5.81. The Bertz CT molecular complexity index is 878. The second kappa shape index (κ2) is 11.9. The SMILES string of the molecule is Nc1ccc(Oc2cc[c-]cc2)cc1.Nc1ccc(Oc2cc[c-]cc2)cc1.[Y]. The van der Waals surface area contributed by atoms with Gasteiger partial charge in [0, 0.05) is 55.6 Å². The molecule has 0 heterocycles. The Hall–Kier alpha value is -2.82. The van der Waals surface area contributed by atoms with Crippen LogP contribution >= 0.6 is 0 Å². The van der Waals surface area contributed by atoms with Crippen LogP contribution < -0.4 is 20.9 Å². The Morgan fingerprint density at radius 2 is 0.724 bits per heavy atom. The molecular formula is C24H20N2O2Y-2. The van der Waals surface area contributed by atoms with Crippen molar-refractivity contribution < 1.29 is 42.2 Å². The maximum absolute atomic E-state index is 5.56. The summed E-state index contributed by atoms with van der Waals surface area (Å²) in [5.74, 6) is 3.16. The van der Waals surface area contributed by atoms with Crippen molar-refractivity contribution in [1.29, 1.82) is 0 Å². The van der Waals surface area contributed by atoms with Crippen LogP contribution in [0.25, 0.3) is 0 Å². The van der Waals surface area contributed by atoms with E-state index in [1.165, 1.54) is 0 Å². The Morgan fingerprint density at radius 1 is 0.448 bits per heavy atom. The van der Waals surface area contributed by atoms with Crippen molar-refractivity contribution in [2.45, 2.75) is 0 Å². The quantitative estimate of drug-likeness (QED) is 0.304. The Morgan fingerprint density at radius 3 is 1.03 bits per heavy atom. The molecule has 0 aliphatic carbocycles. The van der Waals surface area contributed by atoms with E-state index >= 15 is 0 Å². The largest absolute Gasteiger partial charge is 0.483 e. The van der Waals surface area contributed by atoms with Gasteiger partial charge >= 0.3 is 0 Å². The molecule has 0 aromatic heterocycles. The fourth-order valence-corrected chi connectivity index (χ4v) is 2.22. The Kier molecular flexibility index (Phi) is 9.22. The summed E-state index contributed by atoms with van der Waals surface area (Å²) in [4.78, 5) is 0. The predicted octanol–water partition coefficient (Wildman–Crippen LogP) is 5.72. The van der Waals surface area contributed by atoms with E-state index in [4.69, 9.17) is 20.9 Å². The third-order valence-electron chi connectivity index (χ3n) is 3.61. The van der Waals surface area contributed by atoms with E-state index in [2.05, 4.69) is 12.1 Å². The maximum atomic E-state index is 5.56. The first-order chi connectivity index (χ1) is 13.7. The van der Waals surface area contributed by atoms with E-state index in [0.717, 1.165) is 34.4 Å². The van der Waals surface area contributed by atoms with Crippen molar-refractivity contribution in [3.63, 3.8) is 0 Å². The smallest absolute Gasteiger partial charge is 0.124 e. The number of rotatable bonds is 4. The molecule has 0 bridgehead atoms. The van der Waals surface area contributed by atoms with Gasteiger partial charge in [0.2, 0.25) is 0 Å². The molecule has 0 aliphatic heterocycles. The summed E-state index contributed by atoms with van der Waals surface area (Å²) in [6, 6.07) is 35.1. The molecule has 0 fully saturated rings. The van der Waals surface area contributed by atoms with Gasteiger partial charge in [0.05, 0.1) is 0 Å². The molecular weight excluding hydrogens is 437 g/mol. The van der Waals surface area contributed by atoms with E-state index in [9.17, 15) is 0 Å². The van der Waals surface area contributed by atoms with Crippen LogP contribution in [0.1, 0.15) is 0 Å². The zero-order valence-corrected chi connectivity index (χ0v) is 18.6. The number of anilines is 2. The van der Waals surface area contributed by atoms with Crippen molar-refractivity contribution in [1.82, 2.24) is 0 Å². The number of nitrogens with two attached hydrogens (primary N) is 2. The molecule has 0 unspecified atom stereocenters. The number of ether oxygens (including phenoxy) is 2. The number of hydrogen-bond acceptors (Lipinski definition) is 4. The normalized spacial score (nSPS) is 9.38. The van der Waals surface area contributed by atoms with Gasteiger partial charge in [-0.1, -0.05) is 0 Å². The van der Waals surface area contributed by atoms with Crippen molar-refractivity contribution in [3.05, 3.63) is 109 Å². The molecule has 0 atom stereocenters. The second-order valence-electron chi connectivity index (χ2n) is 5.81. The zero-order valence-electron chi connectivity index (χ0n) is 15.8. The minimum atomic E-state index is 0. The van der Waals surface area contributed by atoms with Crippen molar-refractivity contribution in [3.8, 4) is 23.0 Å². The van der Waals surface area contributed by atoms with Crippen LogP contribution in [0.5, 0.6) is 23.0 Å². The van der Waals surface area contributed by atoms with Crippen LogP contribution in [0.2, 0.25) is 0 Å². The van der Waals surface area contributed by atoms with Gasteiger partial charge in [-0.15, -0.1) is 24.3 Å². The molecule has 5 heteroatoms. The molecule has 4 N–H and O–H groups in total. The van der Waals surface area contributed by atoms with E-state index < -0.39 is 0 Å². The first-order valence-corrected chi connectivity index (χ1v) is 8.68. The average molecular weight is 457 g/mol. The standard InChI is InChI=1S/2C12H10NO.Y/c2*13-10-6-8-12(9-7-10)14-11-4-2-1-3-5-11;/h2*2-9H,13H2;/q2*-1;. The van der Waals surface area contributed by atoms with Crippen molar-refractivity contribution >= 4 is 11.4 Å². The molecule has 1 radical (unpaired) electrons. The van der Waals surface area contributed by atoms with Gasteiger partial charge in [-0.25, -0.2) is 0 Å². The van der Waals surface area contributed by atoms with Crippen LogP contribution in [0.3, 0.4) is 0 Å². The summed E-state index contributed by atoms with van der Waals surface area (Å²) >= 11 is 0. The Balaban J connectivity index is 0.000000200. The summed E-state index contributed by atoms with van der Waals surface area (Å²) in [5, 5.41) is 0. The molecule has 0 aliphatic rings. The fourth-order valence-electron chi connectivity index (χ4n) is 2.22. The van der Waals surface area contributed by atoms with Crippen LogP contribution in [0, 0.1) is 12.1 Å². The molecule has 0 spiro atoms. The predicted molar refractivity (Wildman–Crippen MR) is 112 cm³/mol. The molecule has 0 saturated carbocycles.